The van der Waals surface area contributed by atoms with E-state index in [0.717, 1.165) is 28.8 Å². The van der Waals surface area contributed by atoms with Crippen LogP contribution >= 0.6 is 0 Å². The van der Waals surface area contributed by atoms with Gasteiger partial charge in [-0.1, -0.05) is 47.6 Å². The average molecular weight is 276 g/mol. The van der Waals surface area contributed by atoms with Crippen molar-refractivity contribution < 1.29 is 4.52 Å². The van der Waals surface area contributed by atoms with E-state index < -0.39 is 0 Å². The topological polar surface area (TPSA) is 52.0 Å². The van der Waals surface area contributed by atoms with E-state index in [4.69, 9.17) is 10.3 Å². The Morgan fingerprint density at radius 3 is 2.57 bits per heavy atom. The summed E-state index contributed by atoms with van der Waals surface area (Å²) in [6.07, 6.45) is 3.57. The van der Waals surface area contributed by atoms with E-state index in [0.29, 0.717) is 5.88 Å². The molecule has 1 aliphatic carbocycles. The Morgan fingerprint density at radius 2 is 1.71 bits per heavy atom. The van der Waals surface area contributed by atoms with Gasteiger partial charge in [-0.2, -0.15) is 0 Å². The summed E-state index contributed by atoms with van der Waals surface area (Å²) >= 11 is 0. The van der Waals surface area contributed by atoms with Crippen LogP contribution in [0.25, 0.3) is 22.4 Å². The number of benzene rings is 2. The molecule has 3 nitrogen and oxygen atoms in total. The normalized spacial score (nSPS) is 13.3. The van der Waals surface area contributed by atoms with Gasteiger partial charge in [-0.25, -0.2) is 0 Å². The number of nitrogen functional groups attached to an aromatic ring is 1. The van der Waals surface area contributed by atoms with Crippen LogP contribution in [0.1, 0.15) is 17.5 Å². The second kappa shape index (κ2) is 4.77. The third-order valence-corrected chi connectivity index (χ3v) is 4.15. The molecule has 0 aliphatic heterocycles. The highest BCUT2D eigenvalue weighted by atomic mass is 16.5. The lowest BCUT2D eigenvalue weighted by atomic mass is 9.98. The Labute approximate surface area is 123 Å². The Balaban J connectivity index is 1.87. The number of fused-ring (bicyclic) bond motifs is 1. The summed E-state index contributed by atoms with van der Waals surface area (Å²) in [6.45, 7) is 0. The standard InChI is InChI=1S/C18H16N2O/c19-18-16(13-5-2-1-3-6-13)17(20-21-18)15-10-9-12-7-4-8-14(12)11-15/h1-3,5-6,9-11H,4,7-8,19H2. The van der Waals surface area contributed by atoms with Crippen molar-refractivity contribution in [3.8, 4) is 22.4 Å². The number of nitrogens with zero attached hydrogens (tertiary/aromatic N) is 1. The molecule has 0 saturated carbocycles. The lowest BCUT2D eigenvalue weighted by Gasteiger charge is -2.05. The van der Waals surface area contributed by atoms with Gasteiger partial charge in [-0.05, 0) is 42.0 Å². The summed E-state index contributed by atoms with van der Waals surface area (Å²) in [5, 5.41) is 4.19. The third-order valence-electron chi connectivity index (χ3n) is 4.15. The fraction of sp³-hybridized carbons (Fsp3) is 0.167. The first-order valence-electron chi connectivity index (χ1n) is 7.25. The number of anilines is 1. The van der Waals surface area contributed by atoms with E-state index >= 15 is 0 Å². The van der Waals surface area contributed by atoms with Crippen molar-refractivity contribution in [3.63, 3.8) is 0 Å². The first kappa shape index (κ1) is 12.2. The number of hydrogen-bond acceptors (Lipinski definition) is 3. The van der Waals surface area contributed by atoms with Crippen molar-refractivity contribution in [2.24, 2.45) is 0 Å². The van der Waals surface area contributed by atoms with Crippen LogP contribution in [0.2, 0.25) is 0 Å². The van der Waals surface area contributed by atoms with Gasteiger partial charge < -0.3 is 10.3 Å². The van der Waals surface area contributed by atoms with Gasteiger partial charge in [0, 0.05) is 5.56 Å². The molecule has 0 atom stereocenters. The zero-order chi connectivity index (χ0) is 14.2. The molecule has 1 aliphatic rings. The van der Waals surface area contributed by atoms with Crippen molar-refractivity contribution in [1.29, 1.82) is 0 Å². The fourth-order valence-corrected chi connectivity index (χ4v) is 3.10. The van der Waals surface area contributed by atoms with Gasteiger partial charge in [0.2, 0.25) is 5.88 Å². The van der Waals surface area contributed by atoms with Crippen LogP contribution in [0.4, 0.5) is 5.88 Å². The molecule has 3 aromatic rings. The zero-order valence-corrected chi connectivity index (χ0v) is 11.7. The lowest BCUT2D eigenvalue weighted by molar-refractivity contribution is 0.439. The summed E-state index contributed by atoms with van der Waals surface area (Å²) < 4.78 is 5.25. The fourth-order valence-electron chi connectivity index (χ4n) is 3.10. The molecule has 3 heteroatoms. The highest BCUT2D eigenvalue weighted by molar-refractivity contribution is 5.87. The van der Waals surface area contributed by atoms with E-state index in [2.05, 4.69) is 23.4 Å². The Bertz CT molecular complexity index is 790. The number of rotatable bonds is 2. The second-order valence-electron chi connectivity index (χ2n) is 5.47. The van der Waals surface area contributed by atoms with Crippen LogP contribution in [-0.4, -0.2) is 5.16 Å². The van der Waals surface area contributed by atoms with Crippen molar-refractivity contribution in [2.75, 3.05) is 5.73 Å². The van der Waals surface area contributed by atoms with Crippen molar-refractivity contribution in [2.45, 2.75) is 19.3 Å². The maximum atomic E-state index is 5.99. The summed E-state index contributed by atoms with van der Waals surface area (Å²) in [6, 6.07) is 16.6. The number of aromatic nitrogens is 1. The minimum Gasteiger partial charge on any atom is -0.367 e. The molecule has 21 heavy (non-hydrogen) atoms. The van der Waals surface area contributed by atoms with Crippen LogP contribution < -0.4 is 5.73 Å². The van der Waals surface area contributed by atoms with Gasteiger partial charge in [0.1, 0.15) is 5.69 Å². The van der Waals surface area contributed by atoms with E-state index in [1.165, 1.54) is 24.0 Å². The molecule has 0 radical (unpaired) electrons. The maximum absolute atomic E-state index is 5.99. The third kappa shape index (κ3) is 2.02. The smallest absolute Gasteiger partial charge is 0.230 e. The predicted octanol–water partition coefficient (Wildman–Crippen LogP) is 4.08. The summed E-state index contributed by atoms with van der Waals surface area (Å²) in [7, 11) is 0. The highest BCUT2D eigenvalue weighted by Crippen LogP contribution is 2.37. The van der Waals surface area contributed by atoms with E-state index in [-0.39, 0.29) is 0 Å². The molecule has 4 rings (SSSR count). The zero-order valence-electron chi connectivity index (χ0n) is 11.7. The Hall–Kier alpha value is -2.55. The van der Waals surface area contributed by atoms with Gasteiger partial charge in [0.25, 0.3) is 0 Å². The van der Waals surface area contributed by atoms with Crippen LogP contribution in [0.15, 0.2) is 53.1 Å². The molecule has 0 saturated heterocycles. The molecule has 0 spiro atoms. The molecule has 2 N–H and O–H groups in total. The van der Waals surface area contributed by atoms with Gasteiger partial charge in [-0.3, -0.25) is 0 Å². The molecule has 0 fully saturated rings. The van der Waals surface area contributed by atoms with Crippen LogP contribution in [0.3, 0.4) is 0 Å². The van der Waals surface area contributed by atoms with E-state index in [9.17, 15) is 0 Å². The van der Waals surface area contributed by atoms with Gasteiger partial charge in [0.15, 0.2) is 0 Å². The first-order chi connectivity index (χ1) is 10.3. The van der Waals surface area contributed by atoms with Crippen molar-refractivity contribution in [1.82, 2.24) is 5.16 Å². The molecular weight excluding hydrogens is 260 g/mol. The minimum absolute atomic E-state index is 0.372. The van der Waals surface area contributed by atoms with Crippen LogP contribution in [0, 0.1) is 0 Å². The largest absolute Gasteiger partial charge is 0.367 e. The minimum atomic E-state index is 0.372. The van der Waals surface area contributed by atoms with Crippen LogP contribution in [0.5, 0.6) is 0 Å². The lowest BCUT2D eigenvalue weighted by Crippen LogP contribution is -1.89. The molecule has 0 amide bonds. The molecular formula is C18H16N2O. The quantitative estimate of drug-likeness (QED) is 0.767. The monoisotopic (exact) mass is 276 g/mol. The molecule has 1 heterocycles. The molecule has 2 aromatic carbocycles. The maximum Gasteiger partial charge on any atom is 0.230 e. The SMILES string of the molecule is Nc1onc(-c2ccc3c(c2)CCC3)c1-c1ccccc1. The molecule has 0 bridgehead atoms. The Morgan fingerprint density at radius 1 is 0.905 bits per heavy atom. The second-order valence-corrected chi connectivity index (χ2v) is 5.47. The number of hydrogen-bond donors (Lipinski definition) is 1. The number of aryl methyl sites for hydroxylation is 2. The van der Waals surface area contributed by atoms with Gasteiger partial charge >= 0.3 is 0 Å². The van der Waals surface area contributed by atoms with Gasteiger partial charge in [-0.15, -0.1) is 0 Å². The van der Waals surface area contributed by atoms with Crippen LogP contribution in [-0.2, 0) is 12.8 Å². The Kier molecular flexibility index (Phi) is 2.78. The highest BCUT2D eigenvalue weighted by Gasteiger charge is 2.19. The molecule has 104 valence electrons. The predicted molar refractivity (Wildman–Crippen MR) is 83.8 cm³/mol. The molecule has 1 aromatic heterocycles. The summed E-state index contributed by atoms with van der Waals surface area (Å²) in [5.41, 5.74) is 12.7. The van der Waals surface area contributed by atoms with Crippen molar-refractivity contribution >= 4 is 5.88 Å². The summed E-state index contributed by atoms with van der Waals surface area (Å²) in [4.78, 5) is 0. The van der Waals surface area contributed by atoms with E-state index in [1.54, 1.807) is 0 Å². The van der Waals surface area contributed by atoms with Gasteiger partial charge in [0.05, 0.1) is 5.56 Å². The van der Waals surface area contributed by atoms with Crippen molar-refractivity contribution in [3.05, 3.63) is 59.7 Å². The number of nitrogens with two attached hydrogens (primary N) is 1. The molecule has 0 unspecified atom stereocenters. The average Bonchev–Trinajstić information content (AvgIpc) is 3.13. The summed E-state index contributed by atoms with van der Waals surface area (Å²) in [5.74, 6) is 0.372. The van der Waals surface area contributed by atoms with E-state index in [1.807, 2.05) is 30.3 Å². The first-order valence-corrected chi connectivity index (χ1v) is 7.25.